The van der Waals surface area contributed by atoms with E-state index in [1.165, 1.54) is 23.6 Å². The van der Waals surface area contributed by atoms with Crippen LogP contribution in [-0.4, -0.2) is 16.5 Å². The van der Waals surface area contributed by atoms with Crippen LogP contribution in [0, 0.1) is 6.92 Å². The van der Waals surface area contributed by atoms with Gasteiger partial charge < -0.3 is 0 Å². The first-order valence-electron chi connectivity index (χ1n) is 4.53. The molecular weight excluding hydrogens is 198 g/mol. The fraction of sp³-hybridized carbons (Fsp3) is 0.500. The SMILES string of the molecule is Cc1cccc(C2SCCCS2)n1. The maximum atomic E-state index is 4.56. The molecule has 0 saturated carbocycles. The van der Waals surface area contributed by atoms with E-state index in [-0.39, 0.29) is 0 Å². The maximum absolute atomic E-state index is 4.56. The molecule has 0 aliphatic carbocycles. The molecule has 1 saturated heterocycles. The third-order valence-electron chi connectivity index (χ3n) is 1.98. The smallest absolute Gasteiger partial charge is 0.0922 e. The number of pyridine rings is 1. The van der Waals surface area contributed by atoms with Gasteiger partial charge in [-0.1, -0.05) is 6.07 Å². The molecule has 0 amide bonds. The van der Waals surface area contributed by atoms with Crippen LogP contribution in [0.3, 0.4) is 0 Å². The van der Waals surface area contributed by atoms with Gasteiger partial charge in [0.25, 0.3) is 0 Å². The normalized spacial score (nSPS) is 18.8. The summed E-state index contributed by atoms with van der Waals surface area (Å²) in [5.74, 6) is 2.57. The number of aryl methyl sites for hydroxylation is 1. The van der Waals surface area contributed by atoms with Crippen molar-refractivity contribution in [2.45, 2.75) is 17.9 Å². The Morgan fingerprint density at radius 1 is 1.31 bits per heavy atom. The zero-order valence-electron chi connectivity index (χ0n) is 7.69. The second kappa shape index (κ2) is 4.38. The van der Waals surface area contributed by atoms with Crippen molar-refractivity contribution in [1.82, 2.24) is 4.98 Å². The van der Waals surface area contributed by atoms with Crippen LogP contribution in [-0.2, 0) is 0 Å². The summed E-state index contributed by atoms with van der Waals surface area (Å²) in [5, 5.41) is 0. The second-order valence-electron chi connectivity index (χ2n) is 3.13. The standard InChI is InChI=1S/C10H13NS2/c1-8-4-2-5-9(11-8)10-12-6-3-7-13-10/h2,4-5,10H,3,6-7H2,1H3. The van der Waals surface area contributed by atoms with Crippen LogP contribution < -0.4 is 0 Å². The molecule has 0 unspecified atom stereocenters. The molecule has 0 spiro atoms. The van der Waals surface area contributed by atoms with E-state index in [9.17, 15) is 0 Å². The van der Waals surface area contributed by atoms with Crippen LogP contribution in [0.4, 0.5) is 0 Å². The van der Waals surface area contributed by atoms with Crippen LogP contribution in [0.5, 0.6) is 0 Å². The van der Waals surface area contributed by atoms with E-state index >= 15 is 0 Å². The van der Waals surface area contributed by atoms with E-state index in [2.05, 4.69) is 30.1 Å². The Bertz CT molecular complexity index is 282. The van der Waals surface area contributed by atoms with Gasteiger partial charge in [-0.05, 0) is 37.0 Å². The fourth-order valence-electron chi connectivity index (χ4n) is 1.35. The summed E-state index contributed by atoms with van der Waals surface area (Å²) >= 11 is 4.05. The Balaban J connectivity index is 2.14. The van der Waals surface area contributed by atoms with Gasteiger partial charge in [0.1, 0.15) is 0 Å². The Morgan fingerprint density at radius 3 is 2.77 bits per heavy atom. The summed E-state index contributed by atoms with van der Waals surface area (Å²) in [6, 6.07) is 6.30. The maximum Gasteiger partial charge on any atom is 0.0922 e. The van der Waals surface area contributed by atoms with E-state index in [1.54, 1.807) is 0 Å². The molecule has 3 heteroatoms. The zero-order chi connectivity index (χ0) is 9.10. The first kappa shape index (κ1) is 9.41. The number of nitrogens with zero attached hydrogens (tertiary/aromatic N) is 1. The highest BCUT2D eigenvalue weighted by atomic mass is 32.2. The van der Waals surface area contributed by atoms with E-state index in [4.69, 9.17) is 0 Å². The average molecular weight is 211 g/mol. The average Bonchev–Trinajstić information content (AvgIpc) is 2.19. The number of rotatable bonds is 1. The molecule has 13 heavy (non-hydrogen) atoms. The summed E-state index contributed by atoms with van der Waals surface area (Å²) in [7, 11) is 0. The minimum absolute atomic E-state index is 0.577. The molecule has 1 fully saturated rings. The van der Waals surface area contributed by atoms with Crippen molar-refractivity contribution < 1.29 is 0 Å². The van der Waals surface area contributed by atoms with E-state index < -0.39 is 0 Å². The van der Waals surface area contributed by atoms with Gasteiger partial charge >= 0.3 is 0 Å². The predicted octanol–water partition coefficient (Wildman–Crippen LogP) is 3.26. The minimum Gasteiger partial charge on any atom is -0.256 e. The molecule has 2 rings (SSSR count). The van der Waals surface area contributed by atoms with E-state index in [0.717, 1.165) is 5.69 Å². The minimum atomic E-state index is 0.577. The lowest BCUT2D eigenvalue weighted by Crippen LogP contribution is -2.02. The third kappa shape index (κ3) is 2.41. The third-order valence-corrected chi connectivity index (χ3v) is 4.93. The lowest BCUT2D eigenvalue weighted by Gasteiger charge is -2.20. The van der Waals surface area contributed by atoms with Gasteiger partial charge in [-0.3, -0.25) is 4.98 Å². The fourth-order valence-corrected chi connectivity index (χ4v) is 4.15. The highest BCUT2D eigenvalue weighted by molar-refractivity contribution is 8.16. The molecule has 1 aliphatic heterocycles. The molecule has 0 N–H and O–H groups in total. The van der Waals surface area contributed by atoms with Gasteiger partial charge in [0.2, 0.25) is 0 Å². The largest absolute Gasteiger partial charge is 0.256 e. The van der Waals surface area contributed by atoms with Crippen molar-refractivity contribution in [3.63, 3.8) is 0 Å². The van der Waals surface area contributed by atoms with E-state index in [1.807, 2.05) is 23.5 Å². The summed E-state index contributed by atoms with van der Waals surface area (Å²) < 4.78 is 0.577. The topological polar surface area (TPSA) is 12.9 Å². The highest BCUT2D eigenvalue weighted by Gasteiger charge is 2.17. The number of thioether (sulfide) groups is 2. The van der Waals surface area contributed by atoms with Crippen LogP contribution in [0.25, 0.3) is 0 Å². The first-order chi connectivity index (χ1) is 6.36. The second-order valence-corrected chi connectivity index (χ2v) is 5.86. The molecule has 1 aliphatic rings. The number of hydrogen-bond acceptors (Lipinski definition) is 3. The molecule has 1 aromatic heterocycles. The molecule has 70 valence electrons. The molecular formula is C10H13NS2. The summed E-state index contributed by atoms with van der Waals surface area (Å²) in [6.07, 6.45) is 1.34. The molecule has 0 aromatic carbocycles. The lowest BCUT2D eigenvalue weighted by molar-refractivity contribution is 1.05. The van der Waals surface area contributed by atoms with Crippen LogP contribution in [0.1, 0.15) is 22.4 Å². The van der Waals surface area contributed by atoms with Crippen molar-refractivity contribution in [3.8, 4) is 0 Å². The summed E-state index contributed by atoms with van der Waals surface area (Å²) in [6.45, 7) is 2.06. The quantitative estimate of drug-likeness (QED) is 0.707. The first-order valence-corrected chi connectivity index (χ1v) is 6.63. The van der Waals surface area contributed by atoms with Crippen LogP contribution >= 0.6 is 23.5 Å². The van der Waals surface area contributed by atoms with Gasteiger partial charge in [-0.25, -0.2) is 0 Å². The number of aromatic nitrogens is 1. The predicted molar refractivity (Wildman–Crippen MR) is 61.2 cm³/mol. The van der Waals surface area contributed by atoms with Crippen molar-refractivity contribution >= 4 is 23.5 Å². The van der Waals surface area contributed by atoms with Gasteiger partial charge in [0, 0.05) is 5.69 Å². The Hall–Kier alpha value is -0.150. The molecule has 0 atom stereocenters. The van der Waals surface area contributed by atoms with Gasteiger partial charge in [0.05, 0.1) is 10.3 Å². The molecule has 1 nitrogen and oxygen atoms in total. The zero-order valence-corrected chi connectivity index (χ0v) is 9.33. The van der Waals surface area contributed by atoms with Gasteiger partial charge in [-0.2, -0.15) is 0 Å². The van der Waals surface area contributed by atoms with Crippen molar-refractivity contribution in [3.05, 3.63) is 29.6 Å². The van der Waals surface area contributed by atoms with Crippen molar-refractivity contribution in [2.75, 3.05) is 11.5 Å². The molecule has 0 radical (unpaired) electrons. The Kier molecular flexibility index (Phi) is 3.17. The van der Waals surface area contributed by atoms with Gasteiger partial charge in [0.15, 0.2) is 0 Å². The lowest BCUT2D eigenvalue weighted by atomic mass is 10.3. The van der Waals surface area contributed by atoms with Crippen LogP contribution in [0.15, 0.2) is 18.2 Å². The van der Waals surface area contributed by atoms with Gasteiger partial charge in [-0.15, -0.1) is 23.5 Å². The molecule has 1 aromatic rings. The number of hydrogen-bond donors (Lipinski definition) is 0. The summed E-state index contributed by atoms with van der Waals surface area (Å²) in [4.78, 5) is 4.56. The van der Waals surface area contributed by atoms with Crippen LogP contribution in [0.2, 0.25) is 0 Å². The molecule has 0 bridgehead atoms. The van der Waals surface area contributed by atoms with E-state index in [0.29, 0.717) is 4.58 Å². The van der Waals surface area contributed by atoms with Crippen molar-refractivity contribution in [1.29, 1.82) is 0 Å². The molecule has 2 heterocycles. The monoisotopic (exact) mass is 211 g/mol. The summed E-state index contributed by atoms with van der Waals surface area (Å²) in [5.41, 5.74) is 2.37. The highest BCUT2D eigenvalue weighted by Crippen LogP contribution is 2.42. The van der Waals surface area contributed by atoms with Crippen molar-refractivity contribution in [2.24, 2.45) is 0 Å². The Labute approximate surface area is 87.7 Å². The Morgan fingerprint density at radius 2 is 2.08 bits per heavy atom.